The second kappa shape index (κ2) is 11.5. The SMILES string of the molecule is O=C1NC=CN(S(=O)(=O)c2ccc(Cl)cc2)[C@@H]1Cc1cn([C@@H]2CCCc3cc(CN4CCC(F)CC4)ccc32)nn1. The normalized spacial score (nSPS) is 22.0. The minimum atomic E-state index is -4.00. The van der Waals surface area contributed by atoms with Gasteiger partial charge in [-0.1, -0.05) is 35.0 Å². The smallest absolute Gasteiger partial charge is 0.264 e. The van der Waals surface area contributed by atoms with Gasteiger partial charge in [0.2, 0.25) is 5.91 Å². The highest BCUT2D eigenvalue weighted by molar-refractivity contribution is 7.89. The zero-order valence-corrected chi connectivity index (χ0v) is 24.1. The van der Waals surface area contributed by atoms with Gasteiger partial charge in [0.05, 0.1) is 16.6 Å². The van der Waals surface area contributed by atoms with Crippen molar-refractivity contribution in [3.05, 3.63) is 88.5 Å². The fourth-order valence-electron chi connectivity index (χ4n) is 5.96. The van der Waals surface area contributed by atoms with E-state index < -0.39 is 28.1 Å². The Kier molecular flexibility index (Phi) is 7.84. The second-order valence-electron chi connectivity index (χ2n) is 10.9. The number of hydrogen-bond acceptors (Lipinski definition) is 6. The number of aromatic nitrogens is 3. The molecule has 1 amide bonds. The number of nitrogens with one attached hydrogen (secondary N) is 1. The van der Waals surface area contributed by atoms with Crippen LogP contribution in [-0.2, 0) is 34.2 Å². The van der Waals surface area contributed by atoms with Crippen LogP contribution in [0.3, 0.4) is 0 Å². The lowest BCUT2D eigenvalue weighted by atomic mass is 9.86. The van der Waals surface area contributed by atoms with Crippen molar-refractivity contribution < 1.29 is 17.6 Å². The number of nitrogens with zero attached hydrogens (tertiary/aromatic N) is 5. The van der Waals surface area contributed by atoms with Crippen molar-refractivity contribution in [1.29, 1.82) is 0 Å². The maximum Gasteiger partial charge on any atom is 0.264 e. The topological polar surface area (TPSA) is 100 Å². The van der Waals surface area contributed by atoms with Gasteiger partial charge in [-0.05, 0) is 73.1 Å². The van der Waals surface area contributed by atoms with Crippen LogP contribution in [-0.4, -0.2) is 63.8 Å². The number of rotatable bonds is 7. The third-order valence-corrected chi connectivity index (χ3v) is 10.2. The van der Waals surface area contributed by atoms with Gasteiger partial charge >= 0.3 is 0 Å². The Hall–Kier alpha value is -3.28. The van der Waals surface area contributed by atoms with Gasteiger partial charge in [0.25, 0.3) is 10.0 Å². The van der Waals surface area contributed by atoms with Crippen LogP contribution in [0, 0.1) is 0 Å². The quantitative estimate of drug-likeness (QED) is 0.441. The Labute approximate surface area is 244 Å². The van der Waals surface area contributed by atoms with Crippen LogP contribution in [0.2, 0.25) is 5.02 Å². The van der Waals surface area contributed by atoms with E-state index >= 15 is 0 Å². The highest BCUT2D eigenvalue weighted by atomic mass is 35.5. The van der Waals surface area contributed by atoms with Gasteiger partial charge in [-0.3, -0.25) is 14.0 Å². The number of halogens is 2. The predicted octanol–water partition coefficient (Wildman–Crippen LogP) is 3.99. The number of alkyl halides is 1. The van der Waals surface area contributed by atoms with Crippen LogP contribution in [0.25, 0.3) is 0 Å². The molecular weight excluding hydrogens is 567 g/mol. The van der Waals surface area contributed by atoms with Crippen LogP contribution in [0.1, 0.15) is 54.1 Å². The molecule has 9 nitrogen and oxygen atoms in total. The molecule has 12 heteroatoms. The van der Waals surface area contributed by atoms with E-state index in [-0.39, 0.29) is 17.4 Å². The summed E-state index contributed by atoms with van der Waals surface area (Å²) in [6, 6.07) is 11.4. The highest BCUT2D eigenvalue weighted by Crippen LogP contribution is 2.34. The molecule has 2 atom stereocenters. The lowest BCUT2D eigenvalue weighted by molar-refractivity contribution is -0.124. The molecule has 3 aromatic rings. The maximum atomic E-state index is 13.5. The van der Waals surface area contributed by atoms with Crippen molar-refractivity contribution >= 4 is 27.5 Å². The maximum absolute atomic E-state index is 13.5. The summed E-state index contributed by atoms with van der Waals surface area (Å²) in [5.41, 5.74) is 4.24. The highest BCUT2D eigenvalue weighted by Gasteiger charge is 2.36. The number of carbonyl (C=O) groups is 1. The minimum absolute atomic E-state index is 0.00492. The largest absolute Gasteiger partial charge is 0.329 e. The third-order valence-electron chi connectivity index (χ3n) is 8.14. The van der Waals surface area contributed by atoms with Crippen molar-refractivity contribution in [3.8, 4) is 0 Å². The molecule has 1 aromatic heterocycles. The average molecular weight is 599 g/mol. The Morgan fingerprint density at radius 2 is 1.85 bits per heavy atom. The molecular formula is C29H32ClFN6O3S. The molecule has 0 saturated carbocycles. The number of carbonyl (C=O) groups excluding carboxylic acids is 1. The molecule has 0 spiro atoms. The fraction of sp³-hybridized carbons (Fsp3) is 0.414. The van der Waals surface area contributed by atoms with Gasteiger partial charge < -0.3 is 5.32 Å². The zero-order valence-electron chi connectivity index (χ0n) is 22.5. The van der Waals surface area contributed by atoms with E-state index in [0.29, 0.717) is 23.6 Å². The number of piperidine rings is 1. The molecule has 0 unspecified atom stereocenters. The van der Waals surface area contributed by atoms with Crippen LogP contribution >= 0.6 is 11.6 Å². The first kappa shape index (κ1) is 27.9. The average Bonchev–Trinajstić information content (AvgIpc) is 3.43. The molecule has 1 N–H and O–H groups in total. The summed E-state index contributed by atoms with van der Waals surface area (Å²) in [6.07, 6.45) is 7.98. The minimum Gasteiger partial charge on any atom is -0.329 e. The van der Waals surface area contributed by atoms with E-state index in [2.05, 4.69) is 38.7 Å². The van der Waals surface area contributed by atoms with Crippen molar-refractivity contribution in [1.82, 2.24) is 29.5 Å². The van der Waals surface area contributed by atoms with E-state index in [4.69, 9.17) is 11.6 Å². The fourth-order valence-corrected chi connectivity index (χ4v) is 7.53. The lowest BCUT2D eigenvalue weighted by Gasteiger charge is -2.31. The monoisotopic (exact) mass is 598 g/mol. The molecule has 2 aliphatic heterocycles. The molecule has 41 heavy (non-hydrogen) atoms. The first-order valence-electron chi connectivity index (χ1n) is 13.9. The van der Waals surface area contributed by atoms with Gasteiger partial charge in [-0.25, -0.2) is 17.5 Å². The van der Waals surface area contributed by atoms with Crippen LogP contribution in [0.15, 0.2) is 66.0 Å². The van der Waals surface area contributed by atoms with Gasteiger partial charge in [-0.2, -0.15) is 0 Å². The summed E-state index contributed by atoms with van der Waals surface area (Å²) >= 11 is 5.94. The Balaban J connectivity index is 1.19. The molecule has 3 aliphatic rings. The molecule has 0 radical (unpaired) electrons. The zero-order chi connectivity index (χ0) is 28.6. The van der Waals surface area contributed by atoms with Crippen molar-refractivity contribution in [2.75, 3.05) is 13.1 Å². The summed E-state index contributed by atoms with van der Waals surface area (Å²) < 4.78 is 43.2. The number of sulfonamides is 1. The molecule has 0 bridgehead atoms. The summed E-state index contributed by atoms with van der Waals surface area (Å²) in [7, 11) is -4.00. The molecule has 1 saturated heterocycles. The van der Waals surface area contributed by atoms with Crippen molar-refractivity contribution in [3.63, 3.8) is 0 Å². The number of benzene rings is 2. The molecule has 1 aliphatic carbocycles. The van der Waals surface area contributed by atoms with Gasteiger partial charge in [-0.15, -0.1) is 5.10 Å². The second-order valence-corrected chi connectivity index (χ2v) is 13.2. The standard InChI is InChI=1S/C29H32ClFN6O3S/c30-22-5-7-25(8-6-22)41(39,40)37-15-12-32-29(38)28(37)17-24-19-36(34-33-24)27-3-1-2-21-16-20(4-9-26(21)27)18-35-13-10-23(31)11-14-35/h4-9,12,15-16,19,23,27-28H,1-3,10-11,13-14,17-18H2,(H,32,38)/t27-,28-/m1/s1. The van der Waals surface area contributed by atoms with Gasteiger partial charge in [0.1, 0.15) is 12.2 Å². The van der Waals surface area contributed by atoms with Crippen LogP contribution < -0.4 is 5.32 Å². The third kappa shape index (κ3) is 5.89. The van der Waals surface area contributed by atoms with Crippen molar-refractivity contribution in [2.24, 2.45) is 0 Å². The van der Waals surface area contributed by atoms with Crippen LogP contribution in [0.5, 0.6) is 0 Å². The van der Waals surface area contributed by atoms with Gasteiger partial charge in [0.15, 0.2) is 0 Å². The summed E-state index contributed by atoms with van der Waals surface area (Å²) in [6.45, 7) is 2.40. The first-order chi connectivity index (χ1) is 19.8. The molecule has 2 aromatic carbocycles. The Morgan fingerprint density at radius 3 is 2.63 bits per heavy atom. The number of likely N-dealkylation sites (tertiary alicyclic amines) is 1. The van der Waals surface area contributed by atoms with Crippen molar-refractivity contribution in [2.45, 2.75) is 68.2 Å². The summed E-state index contributed by atoms with van der Waals surface area (Å²) in [4.78, 5) is 15.2. The number of hydrogen-bond donors (Lipinski definition) is 1. The Bertz CT molecular complexity index is 1550. The summed E-state index contributed by atoms with van der Waals surface area (Å²) in [5, 5.41) is 11.8. The lowest BCUT2D eigenvalue weighted by Crippen LogP contribution is -2.50. The molecule has 216 valence electrons. The van der Waals surface area contributed by atoms with E-state index in [1.807, 2.05) is 10.9 Å². The van der Waals surface area contributed by atoms with E-state index in [9.17, 15) is 17.6 Å². The first-order valence-corrected chi connectivity index (χ1v) is 15.7. The van der Waals surface area contributed by atoms with Gasteiger partial charge in [0, 0.05) is 49.7 Å². The Morgan fingerprint density at radius 1 is 1.07 bits per heavy atom. The molecule has 3 heterocycles. The predicted molar refractivity (Wildman–Crippen MR) is 152 cm³/mol. The van der Waals surface area contributed by atoms with E-state index in [1.165, 1.54) is 53.4 Å². The molecule has 1 fully saturated rings. The number of aryl methyl sites for hydroxylation is 1. The molecule has 6 rings (SSSR count). The number of fused-ring (bicyclic) bond motifs is 1. The summed E-state index contributed by atoms with van der Waals surface area (Å²) in [5.74, 6) is -0.439. The number of amides is 1. The van der Waals surface area contributed by atoms with E-state index in [0.717, 1.165) is 43.2 Å². The van der Waals surface area contributed by atoms with Crippen LogP contribution in [0.4, 0.5) is 4.39 Å². The van der Waals surface area contributed by atoms with E-state index in [1.54, 1.807) is 0 Å².